The highest BCUT2D eigenvalue weighted by Crippen LogP contribution is 2.27. The number of hydrogen-bond acceptors (Lipinski definition) is 3. The number of Topliss-reactive ketones (excluding diaryl/α,β-unsaturated/α-hetero) is 1. The summed E-state index contributed by atoms with van der Waals surface area (Å²) in [7, 11) is 1.82. The third-order valence-corrected chi connectivity index (χ3v) is 3.57. The van der Waals surface area contributed by atoms with E-state index in [0.29, 0.717) is 18.0 Å². The van der Waals surface area contributed by atoms with Crippen LogP contribution in [0.25, 0.3) is 0 Å². The lowest BCUT2D eigenvalue weighted by Crippen LogP contribution is -2.26. The summed E-state index contributed by atoms with van der Waals surface area (Å²) in [5, 5.41) is 8.00. The summed E-state index contributed by atoms with van der Waals surface area (Å²) >= 11 is 6.10. The van der Waals surface area contributed by atoms with Crippen molar-refractivity contribution >= 4 is 17.4 Å². The molecule has 1 saturated carbocycles. The van der Waals surface area contributed by atoms with Gasteiger partial charge in [0.25, 0.3) is 0 Å². The Hall–Kier alpha value is -0.870. The van der Waals surface area contributed by atoms with Crippen molar-refractivity contribution in [2.75, 3.05) is 13.1 Å². The molecule has 1 heterocycles. The van der Waals surface area contributed by atoms with Gasteiger partial charge in [-0.25, -0.2) is 0 Å². The molecule has 0 saturated heterocycles. The lowest BCUT2D eigenvalue weighted by atomic mass is 10.2. The third-order valence-electron chi connectivity index (χ3n) is 3.08. The lowest BCUT2D eigenvalue weighted by Gasteiger charge is -2.04. The van der Waals surface area contributed by atoms with E-state index in [1.807, 2.05) is 14.0 Å². The molecule has 1 fully saturated rings. The molecule has 5 heteroatoms. The fourth-order valence-corrected chi connectivity index (χ4v) is 2.09. The van der Waals surface area contributed by atoms with E-state index in [2.05, 4.69) is 10.4 Å². The Kier molecular flexibility index (Phi) is 3.84. The summed E-state index contributed by atoms with van der Waals surface area (Å²) in [4.78, 5) is 11.8. The molecule has 0 aliphatic heterocycles. The predicted molar refractivity (Wildman–Crippen MR) is 67.3 cm³/mol. The smallest absolute Gasteiger partial charge is 0.152 e. The first-order valence-corrected chi connectivity index (χ1v) is 6.36. The zero-order valence-corrected chi connectivity index (χ0v) is 11.0. The Balaban J connectivity index is 1.83. The summed E-state index contributed by atoms with van der Waals surface area (Å²) < 4.78 is 1.69. The fraction of sp³-hybridized carbons (Fsp3) is 0.667. The average molecular weight is 256 g/mol. The molecule has 1 aromatic heterocycles. The van der Waals surface area contributed by atoms with Crippen LogP contribution in [0, 0.1) is 12.8 Å². The van der Waals surface area contributed by atoms with Gasteiger partial charge in [-0.05, 0) is 32.2 Å². The maximum Gasteiger partial charge on any atom is 0.152 e. The van der Waals surface area contributed by atoms with Crippen LogP contribution >= 0.6 is 11.6 Å². The Morgan fingerprint density at radius 2 is 2.29 bits per heavy atom. The number of hydrogen-bond donors (Lipinski definition) is 1. The minimum atomic E-state index is 0.163. The molecule has 0 bridgehead atoms. The van der Waals surface area contributed by atoms with Crippen molar-refractivity contribution < 1.29 is 4.79 Å². The number of carbonyl (C=O) groups is 1. The van der Waals surface area contributed by atoms with Crippen molar-refractivity contribution in [3.05, 3.63) is 16.4 Å². The largest absolute Gasteiger partial charge is 0.310 e. The van der Waals surface area contributed by atoms with E-state index >= 15 is 0 Å². The molecule has 94 valence electrons. The number of aromatic nitrogens is 2. The van der Waals surface area contributed by atoms with E-state index in [0.717, 1.165) is 23.9 Å². The molecule has 1 aliphatic rings. The van der Waals surface area contributed by atoms with Crippen LogP contribution in [0.15, 0.2) is 0 Å². The number of nitrogens with one attached hydrogen (secondary N) is 1. The number of carbonyl (C=O) groups excluding carboxylic acids is 1. The zero-order valence-electron chi connectivity index (χ0n) is 10.3. The van der Waals surface area contributed by atoms with E-state index in [1.165, 1.54) is 12.8 Å². The van der Waals surface area contributed by atoms with Gasteiger partial charge < -0.3 is 5.32 Å². The lowest BCUT2D eigenvalue weighted by molar-refractivity contribution is -0.117. The van der Waals surface area contributed by atoms with Crippen LogP contribution in [0.2, 0.25) is 5.02 Å². The van der Waals surface area contributed by atoms with E-state index in [1.54, 1.807) is 4.68 Å². The van der Waals surface area contributed by atoms with Crippen LogP contribution in [-0.4, -0.2) is 28.7 Å². The van der Waals surface area contributed by atoms with Crippen LogP contribution in [0.5, 0.6) is 0 Å². The number of nitrogens with zero attached hydrogens (tertiary/aromatic N) is 2. The minimum absolute atomic E-state index is 0.163. The first-order valence-electron chi connectivity index (χ1n) is 5.98. The molecule has 17 heavy (non-hydrogen) atoms. The summed E-state index contributed by atoms with van der Waals surface area (Å²) in [6.07, 6.45) is 2.95. The van der Waals surface area contributed by atoms with Crippen LogP contribution < -0.4 is 5.32 Å². The average Bonchev–Trinajstić information content (AvgIpc) is 3.04. The molecule has 1 N–H and O–H groups in total. The second-order valence-electron chi connectivity index (χ2n) is 4.76. The molecule has 0 amide bonds. The van der Waals surface area contributed by atoms with Gasteiger partial charge in [-0.15, -0.1) is 0 Å². The molecule has 0 radical (unpaired) electrons. The summed E-state index contributed by atoms with van der Waals surface area (Å²) in [5.41, 5.74) is 1.59. The van der Waals surface area contributed by atoms with Crippen LogP contribution in [0.1, 0.15) is 24.2 Å². The molecule has 4 nitrogen and oxygen atoms in total. The number of halogens is 1. The maximum absolute atomic E-state index is 11.8. The SMILES string of the molecule is Cc1nn(C)c(CC(=O)CNCC2CC2)c1Cl. The van der Waals surface area contributed by atoms with Gasteiger partial charge in [-0.2, -0.15) is 5.10 Å². The Bertz CT molecular complexity index is 424. The molecule has 1 aliphatic carbocycles. The van der Waals surface area contributed by atoms with Crippen LogP contribution in [0.4, 0.5) is 0 Å². The van der Waals surface area contributed by atoms with Gasteiger partial charge in [0, 0.05) is 7.05 Å². The first-order chi connectivity index (χ1) is 8.08. The van der Waals surface area contributed by atoms with Gasteiger partial charge in [-0.1, -0.05) is 11.6 Å². The molecular weight excluding hydrogens is 238 g/mol. The molecule has 0 atom stereocenters. The molecule has 0 spiro atoms. The van der Waals surface area contributed by atoms with E-state index in [-0.39, 0.29) is 5.78 Å². The second kappa shape index (κ2) is 5.19. The first kappa shape index (κ1) is 12.6. The van der Waals surface area contributed by atoms with Crippen molar-refractivity contribution in [2.45, 2.75) is 26.2 Å². The van der Waals surface area contributed by atoms with Gasteiger partial charge in [0.2, 0.25) is 0 Å². The Morgan fingerprint density at radius 3 is 2.82 bits per heavy atom. The van der Waals surface area contributed by atoms with Crippen LogP contribution in [0.3, 0.4) is 0 Å². The summed E-state index contributed by atoms with van der Waals surface area (Å²) in [5.74, 6) is 0.959. The highest BCUT2D eigenvalue weighted by molar-refractivity contribution is 6.32. The van der Waals surface area contributed by atoms with Gasteiger partial charge in [0.05, 0.1) is 29.4 Å². The number of ketones is 1. The third kappa shape index (κ3) is 3.30. The number of aryl methyl sites for hydroxylation is 2. The van der Waals surface area contributed by atoms with Crippen molar-refractivity contribution in [3.8, 4) is 0 Å². The maximum atomic E-state index is 11.8. The monoisotopic (exact) mass is 255 g/mol. The van der Waals surface area contributed by atoms with Crippen molar-refractivity contribution in [1.82, 2.24) is 15.1 Å². The van der Waals surface area contributed by atoms with Gasteiger partial charge in [0.1, 0.15) is 0 Å². The van der Waals surface area contributed by atoms with E-state index in [4.69, 9.17) is 11.6 Å². The molecule has 1 aromatic rings. The van der Waals surface area contributed by atoms with Gasteiger partial charge in [-0.3, -0.25) is 9.48 Å². The van der Waals surface area contributed by atoms with Gasteiger partial charge >= 0.3 is 0 Å². The van der Waals surface area contributed by atoms with Gasteiger partial charge in [0.15, 0.2) is 5.78 Å². The molecule has 0 aromatic carbocycles. The molecular formula is C12H18ClN3O. The van der Waals surface area contributed by atoms with Crippen molar-refractivity contribution in [2.24, 2.45) is 13.0 Å². The minimum Gasteiger partial charge on any atom is -0.310 e. The quantitative estimate of drug-likeness (QED) is 0.838. The zero-order chi connectivity index (χ0) is 12.4. The van der Waals surface area contributed by atoms with Crippen molar-refractivity contribution in [3.63, 3.8) is 0 Å². The van der Waals surface area contributed by atoms with E-state index < -0.39 is 0 Å². The highest BCUT2D eigenvalue weighted by Gasteiger charge is 2.21. The molecule has 0 unspecified atom stereocenters. The van der Waals surface area contributed by atoms with Crippen LogP contribution in [-0.2, 0) is 18.3 Å². The fourth-order valence-electron chi connectivity index (χ4n) is 1.86. The molecule has 2 rings (SSSR count). The highest BCUT2D eigenvalue weighted by atomic mass is 35.5. The number of rotatable bonds is 6. The second-order valence-corrected chi connectivity index (χ2v) is 5.14. The summed E-state index contributed by atoms with van der Waals surface area (Å²) in [6, 6.07) is 0. The standard InChI is InChI=1S/C12H18ClN3O/c1-8-12(13)11(16(2)15-8)5-10(17)7-14-6-9-3-4-9/h9,14H,3-7H2,1-2H3. The topological polar surface area (TPSA) is 46.9 Å². The Labute approximate surface area is 106 Å². The predicted octanol–water partition coefficient (Wildman–Crippen LogP) is 1.49. The Morgan fingerprint density at radius 1 is 1.59 bits per heavy atom. The summed E-state index contributed by atoms with van der Waals surface area (Å²) in [6.45, 7) is 3.24. The van der Waals surface area contributed by atoms with Crippen molar-refractivity contribution in [1.29, 1.82) is 0 Å². The van der Waals surface area contributed by atoms with E-state index in [9.17, 15) is 4.79 Å². The normalized spacial score (nSPS) is 15.2.